The van der Waals surface area contributed by atoms with Crippen molar-refractivity contribution in [3.8, 4) is 0 Å². The third kappa shape index (κ3) is 1.83. The summed E-state index contributed by atoms with van der Waals surface area (Å²) in [7, 11) is 0. The molecular weight excluding hydrogens is 174 g/mol. The minimum absolute atomic E-state index is 0.237. The van der Waals surface area contributed by atoms with E-state index in [9.17, 15) is 10.2 Å². The van der Waals surface area contributed by atoms with E-state index in [1.807, 2.05) is 6.92 Å². The van der Waals surface area contributed by atoms with Gasteiger partial charge in [0, 0.05) is 6.54 Å². The van der Waals surface area contributed by atoms with Gasteiger partial charge in [0.25, 0.3) is 0 Å². The fourth-order valence-electron chi connectivity index (χ4n) is 1.58. The molecule has 6 N–H and O–H groups in total. The molecule has 1 unspecified atom stereocenters. The van der Waals surface area contributed by atoms with Gasteiger partial charge in [0.15, 0.2) is 0 Å². The second-order valence-corrected chi connectivity index (χ2v) is 3.14. The van der Waals surface area contributed by atoms with Crippen molar-refractivity contribution >= 4 is 0 Å². The summed E-state index contributed by atoms with van der Waals surface area (Å²) in [5, 5.41) is 29.3. The molecule has 0 aliphatic carbocycles. The van der Waals surface area contributed by atoms with Crippen molar-refractivity contribution in [1.82, 2.24) is 10.4 Å². The number of nitrogens with zero attached hydrogens (tertiary/aromatic N) is 1. The van der Waals surface area contributed by atoms with E-state index in [1.54, 1.807) is 0 Å². The van der Waals surface area contributed by atoms with Crippen LogP contribution >= 0.6 is 0 Å². The quantitative estimate of drug-likeness (QED) is 0.330. The summed E-state index contributed by atoms with van der Waals surface area (Å²) in [6, 6.07) is -0.537. The molecule has 0 saturated carbocycles. The maximum atomic E-state index is 9.45. The molecule has 0 aromatic rings. The molecule has 6 nitrogen and oxygen atoms in total. The molecule has 4 atom stereocenters. The lowest BCUT2D eigenvalue weighted by Crippen LogP contribution is -2.53. The molecule has 1 heterocycles. The molecule has 0 spiro atoms. The first-order chi connectivity index (χ1) is 6.13. The summed E-state index contributed by atoms with van der Waals surface area (Å²) in [6.07, 6.45) is -2.69. The molecule has 0 radical (unpaired) electrons. The average molecular weight is 191 g/mol. The summed E-state index contributed by atoms with van der Waals surface area (Å²) < 4.78 is 0. The Morgan fingerprint density at radius 2 is 2.00 bits per heavy atom. The lowest BCUT2D eigenvalue weighted by atomic mass is 10.1. The molecule has 13 heavy (non-hydrogen) atoms. The predicted octanol–water partition coefficient (Wildman–Crippen LogP) is -2.81. The van der Waals surface area contributed by atoms with Gasteiger partial charge in [-0.25, -0.2) is 5.01 Å². The summed E-state index contributed by atoms with van der Waals surface area (Å²) >= 11 is 0. The number of aliphatic hydroxyl groups excluding tert-OH is 3. The van der Waals surface area contributed by atoms with Gasteiger partial charge in [-0.15, -0.1) is 0 Å². The van der Waals surface area contributed by atoms with Gasteiger partial charge in [0.2, 0.25) is 0 Å². The van der Waals surface area contributed by atoms with Crippen molar-refractivity contribution in [1.29, 1.82) is 0 Å². The molecule has 1 rings (SSSR count). The van der Waals surface area contributed by atoms with Crippen LogP contribution in [0, 0.1) is 0 Å². The molecule has 0 aromatic carbocycles. The SMILES string of the molecule is CCNN1C(N)[C@H](O)[C@@H](O)[C@@H]1CO. The molecule has 0 bridgehead atoms. The number of hydrogen-bond acceptors (Lipinski definition) is 6. The van der Waals surface area contributed by atoms with Crippen LogP contribution in [0.25, 0.3) is 0 Å². The monoisotopic (exact) mass is 191 g/mol. The van der Waals surface area contributed by atoms with Crippen LogP contribution in [0.4, 0.5) is 0 Å². The Balaban J connectivity index is 2.68. The van der Waals surface area contributed by atoms with Crippen molar-refractivity contribution in [2.75, 3.05) is 13.2 Å². The molecule has 1 fully saturated rings. The van der Waals surface area contributed by atoms with Crippen molar-refractivity contribution in [3.05, 3.63) is 0 Å². The van der Waals surface area contributed by atoms with Gasteiger partial charge in [-0.05, 0) is 0 Å². The van der Waals surface area contributed by atoms with E-state index < -0.39 is 24.4 Å². The van der Waals surface area contributed by atoms with Crippen LogP contribution in [-0.2, 0) is 0 Å². The summed E-state index contributed by atoms with van der Waals surface area (Å²) in [6.45, 7) is 2.26. The van der Waals surface area contributed by atoms with Gasteiger partial charge < -0.3 is 21.1 Å². The third-order valence-electron chi connectivity index (χ3n) is 2.30. The van der Waals surface area contributed by atoms with E-state index in [-0.39, 0.29) is 6.61 Å². The predicted molar refractivity (Wildman–Crippen MR) is 46.4 cm³/mol. The van der Waals surface area contributed by atoms with Gasteiger partial charge in [0.1, 0.15) is 18.4 Å². The fraction of sp³-hybridized carbons (Fsp3) is 1.00. The van der Waals surface area contributed by atoms with Crippen LogP contribution in [0.2, 0.25) is 0 Å². The molecule has 1 aliphatic rings. The average Bonchev–Trinajstić information content (AvgIpc) is 2.32. The minimum Gasteiger partial charge on any atom is -0.395 e. The van der Waals surface area contributed by atoms with Crippen LogP contribution in [0.3, 0.4) is 0 Å². The second-order valence-electron chi connectivity index (χ2n) is 3.14. The maximum Gasteiger partial charge on any atom is 0.111 e. The van der Waals surface area contributed by atoms with E-state index >= 15 is 0 Å². The number of aliphatic hydroxyl groups is 3. The van der Waals surface area contributed by atoms with Crippen LogP contribution in [0.5, 0.6) is 0 Å². The van der Waals surface area contributed by atoms with Gasteiger partial charge in [-0.2, -0.15) is 0 Å². The lowest BCUT2D eigenvalue weighted by molar-refractivity contribution is 0.0154. The zero-order valence-corrected chi connectivity index (χ0v) is 7.59. The second kappa shape index (κ2) is 4.32. The molecular formula is C7H17N3O3. The maximum absolute atomic E-state index is 9.45. The van der Waals surface area contributed by atoms with Gasteiger partial charge in [-0.3, -0.25) is 5.43 Å². The first-order valence-corrected chi connectivity index (χ1v) is 4.37. The first kappa shape index (κ1) is 10.8. The van der Waals surface area contributed by atoms with E-state index in [0.717, 1.165) is 0 Å². The molecule has 0 amide bonds. The van der Waals surface area contributed by atoms with Crippen LogP contribution in [0.15, 0.2) is 0 Å². The topological polar surface area (TPSA) is 102 Å². The highest BCUT2D eigenvalue weighted by Crippen LogP contribution is 2.19. The Labute approximate surface area is 76.9 Å². The summed E-state index contributed by atoms with van der Waals surface area (Å²) in [4.78, 5) is 0. The Morgan fingerprint density at radius 3 is 2.46 bits per heavy atom. The number of nitrogens with one attached hydrogen (secondary N) is 1. The van der Waals surface area contributed by atoms with Gasteiger partial charge in [0.05, 0.1) is 12.6 Å². The smallest absolute Gasteiger partial charge is 0.111 e. The Kier molecular flexibility index (Phi) is 3.60. The highest BCUT2D eigenvalue weighted by atomic mass is 16.3. The van der Waals surface area contributed by atoms with E-state index in [0.29, 0.717) is 6.54 Å². The van der Waals surface area contributed by atoms with Gasteiger partial charge in [-0.1, -0.05) is 6.92 Å². The highest BCUT2D eigenvalue weighted by Gasteiger charge is 2.45. The van der Waals surface area contributed by atoms with E-state index in [2.05, 4.69) is 5.43 Å². The zero-order valence-electron chi connectivity index (χ0n) is 7.59. The largest absolute Gasteiger partial charge is 0.395 e. The Bertz CT molecular complexity index is 169. The fourth-order valence-corrected chi connectivity index (χ4v) is 1.58. The number of hydrogen-bond donors (Lipinski definition) is 5. The Morgan fingerprint density at radius 1 is 1.38 bits per heavy atom. The number of hydrazine groups is 1. The first-order valence-electron chi connectivity index (χ1n) is 4.37. The van der Waals surface area contributed by atoms with Crippen molar-refractivity contribution in [2.45, 2.75) is 31.3 Å². The standard InChI is InChI=1S/C7H17N3O3/c1-2-9-10-4(3-11)5(12)6(13)7(10)8/h4-7,9,11-13H,2-3,8H2,1H3/t4-,5-,6+,7?/m0/s1. The summed E-state index contributed by atoms with van der Waals surface area (Å²) in [5.74, 6) is 0. The lowest BCUT2D eigenvalue weighted by Gasteiger charge is -2.26. The summed E-state index contributed by atoms with van der Waals surface area (Å²) in [5.41, 5.74) is 8.49. The zero-order chi connectivity index (χ0) is 10.0. The van der Waals surface area contributed by atoms with E-state index in [1.165, 1.54) is 5.01 Å². The molecule has 78 valence electrons. The van der Waals surface area contributed by atoms with Crippen LogP contribution in [0.1, 0.15) is 6.92 Å². The molecule has 1 aliphatic heterocycles. The molecule has 6 heteroatoms. The number of rotatable bonds is 3. The number of nitrogens with two attached hydrogens (primary N) is 1. The molecule has 1 saturated heterocycles. The van der Waals surface area contributed by atoms with Crippen LogP contribution < -0.4 is 11.2 Å². The van der Waals surface area contributed by atoms with Crippen molar-refractivity contribution in [3.63, 3.8) is 0 Å². The van der Waals surface area contributed by atoms with Crippen molar-refractivity contribution < 1.29 is 15.3 Å². The normalized spacial score (nSPS) is 41.3. The van der Waals surface area contributed by atoms with Gasteiger partial charge >= 0.3 is 0 Å². The van der Waals surface area contributed by atoms with E-state index in [4.69, 9.17) is 10.8 Å². The third-order valence-corrected chi connectivity index (χ3v) is 2.30. The highest BCUT2D eigenvalue weighted by molar-refractivity contribution is 4.96. The van der Waals surface area contributed by atoms with Crippen molar-refractivity contribution in [2.24, 2.45) is 5.73 Å². The minimum atomic E-state index is -1.02. The Hall–Kier alpha value is -0.240. The van der Waals surface area contributed by atoms with Crippen LogP contribution in [-0.4, -0.2) is 57.9 Å². The molecule has 0 aromatic heterocycles.